The molecule has 15 heavy (non-hydrogen) atoms. The van der Waals surface area contributed by atoms with E-state index in [2.05, 4.69) is 18.7 Å². The lowest BCUT2D eigenvalue weighted by Gasteiger charge is -2.42. The van der Waals surface area contributed by atoms with Crippen LogP contribution < -0.4 is 5.73 Å². The van der Waals surface area contributed by atoms with Crippen molar-refractivity contribution in [1.82, 2.24) is 4.90 Å². The lowest BCUT2D eigenvalue weighted by Crippen LogP contribution is -2.49. The van der Waals surface area contributed by atoms with Crippen LogP contribution in [-0.4, -0.2) is 29.6 Å². The minimum absolute atomic E-state index is 0.451. The molecule has 0 aromatic rings. The molecule has 1 saturated carbocycles. The van der Waals surface area contributed by atoms with Gasteiger partial charge in [-0.15, -0.1) is 0 Å². The van der Waals surface area contributed by atoms with Crippen LogP contribution >= 0.6 is 0 Å². The molecule has 88 valence electrons. The Morgan fingerprint density at radius 3 is 2.60 bits per heavy atom. The Balaban J connectivity index is 1.80. The molecular formula is C13H26N2. The minimum Gasteiger partial charge on any atom is -0.328 e. The molecule has 0 spiro atoms. The average molecular weight is 210 g/mol. The number of nitrogens with zero attached hydrogens (tertiary/aromatic N) is 1. The van der Waals surface area contributed by atoms with Gasteiger partial charge < -0.3 is 5.73 Å². The summed E-state index contributed by atoms with van der Waals surface area (Å²) in [5, 5.41) is 0. The molecule has 0 amide bonds. The van der Waals surface area contributed by atoms with Gasteiger partial charge in [-0.3, -0.25) is 4.90 Å². The van der Waals surface area contributed by atoms with Crippen molar-refractivity contribution < 1.29 is 0 Å². The van der Waals surface area contributed by atoms with Crippen molar-refractivity contribution in [2.75, 3.05) is 6.54 Å². The maximum absolute atomic E-state index is 6.00. The monoisotopic (exact) mass is 210 g/mol. The Bertz CT molecular complexity index is 201. The van der Waals surface area contributed by atoms with Crippen LogP contribution in [0.5, 0.6) is 0 Å². The van der Waals surface area contributed by atoms with Gasteiger partial charge >= 0.3 is 0 Å². The van der Waals surface area contributed by atoms with Gasteiger partial charge in [-0.25, -0.2) is 0 Å². The number of piperidine rings is 1. The zero-order chi connectivity index (χ0) is 10.8. The van der Waals surface area contributed by atoms with E-state index in [1.54, 1.807) is 0 Å². The largest absolute Gasteiger partial charge is 0.328 e. The highest BCUT2D eigenvalue weighted by atomic mass is 15.2. The van der Waals surface area contributed by atoms with E-state index < -0.39 is 0 Å². The molecule has 0 aromatic heterocycles. The Labute approximate surface area is 94.2 Å². The summed E-state index contributed by atoms with van der Waals surface area (Å²) in [5.74, 6) is 1.03. The summed E-state index contributed by atoms with van der Waals surface area (Å²) >= 11 is 0. The normalized spacial score (nSPS) is 36.2. The average Bonchev–Trinajstić information content (AvgIpc) is 2.11. The molecule has 2 fully saturated rings. The van der Waals surface area contributed by atoms with Crippen molar-refractivity contribution in [2.45, 2.75) is 70.5 Å². The van der Waals surface area contributed by atoms with Crippen molar-refractivity contribution in [3.8, 4) is 0 Å². The molecular weight excluding hydrogens is 184 g/mol. The van der Waals surface area contributed by atoms with E-state index in [1.807, 2.05) is 0 Å². The molecule has 2 aliphatic rings. The van der Waals surface area contributed by atoms with E-state index in [9.17, 15) is 0 Å². The lowest BCUT2D eigenvalue weighted by molar-refractivity contribution is 0.0801. The van der Waals surface area contributed by atoms with E-state index in [4.69, 9.17) is 5.73 Å². The molecule has 0 bridgehead atoms. The fourth-order valence-corrected chi connectivity index (χ4v) is 3.23. The van der Waals surface area contributed by atoms with Crippen LogP contribution in [0, 0.1) is 5.92 Å². The SMILES string of the molecule is CC1CC(N)CCN1C(C)CC1CCC1. The summed E-state index contributed by atoms with van der Waals surface area (Å²) in [5.41, 5.74) is 6.00. The molecule has 1 aliphatic heterocycles. The van der Waals surface area contributed by atoms with Crippen molar-refractivity contribution in [3.63, 3.8) is 0 Å². The Morgan fingerprint density at radius 1 is 1.33 bits per heavy atom. The van der Waals surface area contributed by atoms with Gasteiger partial charge in [-0.1, -0.05) is 19.3 Å². The van der Waals surface area contributed by atoms with Crippen LogP contribution in [0.3, 0.4) is 0 Å². The second-order valence-electron chi connectivity index (χ2n) is 5.75. The van der Waals surface area contributed by atoms with Crippen LogP contribution in [0.2, 0.25) is 0 Å². The quantitative estimate of drug-likeness (QED) is 0.775. The maximum Gasteiger partial charge on any atom is 0.00844 e. The first kappa shape index (κ1) is 11.4. The van der Waals surface area contributed by atoms with Crippen molar-refractivity contribution in [1.29, 1.82) is 0 Å². The molecule has 3 atom stereocenters. The van der Waals surface area contributed by atoms with Gasteiger partial charge in [0.05, 0.1) is 0 Å². The first-order valence-corrected chi connectivity index (χ1v) is 6.68. The van der Waals surface area contributed by atoms with Crippen molar-refractivity contribution >= 4 is 0 Å². The first-order valence-electron chi connectivity index (χ1n) is 6.68. The molecule has 2 rings (SSSR count). The summed E-state index contributed by atoms with van der Waals surface area (Å²) in [4.78, 5) is 2.68. The summed E-state index contributed by atoms with van der Waals surface area (Å²) in [7, 11) is 0. The lowest BCUT2D eigenvalue weighted by atomic mass is 9.80. The number of hydrogen-bond acceptors (Lipinski definition) is 2. The van der Waals surface area contributed by atoms with E-state index in [0.29, 0.717) is 12.1 Å². The van der Waals surface area contributed by atoms with E-state index in [1.165, 1.54) is 45.1 Å². The van der Waals surface area contributed by atoms with Gasteiger partial charge in [-0.05, 0) is 39.0 Å². The van der Waals surface area contributed by atoms with Crippen molar-refractivity contribution in [3.05, 3.63) is 0 Å². The highest BCUT2D eigenvalue weighted by Gasteiger charge is 2.29. The molecule has 0 radical (unpaired) electrons. The topological polar surface area (TPSA) is 29.3 Å². The predicted octanol–water partition coefficient (Wildman–Crippen LogP) is 2.38. The summed E-state index contributed by atoms with van der Waals surface area (Å²) in [6.07, 6.45) is 8.23. The van der Waals surface area contributed by atoms with Gasteiger partial charge in [0, 0.05) is 24.7 Å². The highest BCUT2D eigenvalue weighted by molar-refractivity contribution is 4.85. The number of nitrogens with two attached hydrogens (primary N) is 1. The molecule has 2 N–H and O–H groups in total. The third-order valence-corrected chi connectivity index (χ3v) is 4.43. The smallest absolute Gasteiger partial charge is 0.00844 e. The van der Waals surface area contributed by atoms with Gasteiger partial charge in [0.2, 0.25) is 0 Å². The zero-order valence-electron chi connectivity index (χ0n) is 10.3. The second kappa shape index (κ2) is 4.84. The number of likely N-dealkylation sites (tertiary alicyclic amines) is 1. The minimum atomic E-state index is 0.451. The summed E-state index contributed by atoms with van der Waals surface area (Å²) < 4.78 is 0. The predicted molar refractivity (Wildman–Crippen MR) is 64.8 cm³/mol. The van der Waals surface area contributed by atoms with Crippen LogP contribution in [0.15, 0.2) is 0 Å². The molecule has 2 heteroatoms. The second-order valence-corrected chi connectivity index (χ2v) is 5.75. The molecule has 3 unspecified atom stereocenters. The molecule has 0 aromatic carbocycles. The van der Waals surface area contributed by atoms with Crippen molar-refractivity contribution in [2.24, 2.45) is 11.7 Å². The van der Waals surface area contributed by atoms with Gasteiger partial charge in [0.1, 0.15) is 0 Å². The molecule has 1 heterocycles. The molecule has 2 nitrogen and oxygen atoms in total. The fourth-order valence-electron chi connectivity index (χ4n) is 3.23. The van der Waals surface area contributed by atoms with Crippen LogP contribution in [0.1, 0.15) is 52.4 Å². The summed E-state index contributed by atoms with van der Waals surface area (Å²) in [6.45, 7) is 5.97. The van der Waals surface area contributed by atoms with Crippen LogP contribution in [0.25, 0.3) is 0 Å². The van der Waals surface area contributed by atoms with Gasteiger partial charge in [0.15, 0.2) is 0 Å². The van der Waals surface area contributed by atoms with Crippen LogP contribution in [-0.2, 0) is 0 Å². The third kappa shape index (κ3) is 2.73. The number of hydrogen-bond donors (Lipinski definition) is 1. The van der Waals surface area contributed by atoms with E-state index in [-0.39, 0.29) is 0 Å². The highest BCUT2D eigenvalue weighted by Crippen LogP contribution is 2.32. The Hall–Kier alpha value is -0.0800. The maximum atomic E-state index is 6.00. The number of rotatable bonds is 3. The van der Waals surface area contributed by atoms with Gasteiger partial charge in [0.25, 0.3) is 0 Å². The third-order valence-electron chi connectivity index (χ3n) is 4.43. The Kier molecular flexibility index (Phi) is 3.68. The fraction of sp³-hybridized carbons (Fsp3) is 1.00. The first-order chi connectivity index (χ1) is 7.16. The zero-order valence-corrected chi connectivity index (χ0v) is 10.3. The summed E-state index contributed by atoms with van der Waals surface area (Å²) in [6, 6.07) is 1.92. The molecule has 1 aliphatic carbocycles. The van der Waals surface area contributed by atoms with E-state index >= 15 is 0 Å². The molecule has 1 saturated heterocycles. The standard InChI is InChI=1S/C13H26N2/c1-10(8-12-4-3-5-12)15-7-6-13(14)9-11(15)2/h10-13H,3-9,14H2,1-2H3. The van der Waals surface area contributed by atoms with Crippen LogP contribution in [0.4, 0.5) is 0 Å². The van der Waals surface area contributed by atoms with Gasteiger partial charge in [-0.2, -0.15) is 0 Å². The Morgan fingerprint density at radius 2 is 2.07 bits per heavy atom. The van der Waals surface area contributed by atoms with E-state index in [0.717, 1.165) is 12.0 Å².